The summed E-state index contributed by atoms with van der Waals surface area (Å²) in [5.41, 5.74) is 0.885. The van der Waals surface area contributed by atoms with E-state index in [9.17, 15) is 19.2 Å². The van der Waals surface area contributed by atoms with Gasteiger partial charge in [0.25, 0.3) is 10.9 Å². The minimum absolute atomic E-state index is 0.0567. The van der Waals surface area contributed by atoms with E-state index in [-0.39, 0.29) is 17.8 Å². The molecule has 2 aromatic carbocycles. The van der Waals surface area contributed by atoms with E-state index in [0.717, 1.165) is 5.39 Å². The van der Waals surface area contributed by atoms with Gasteiger partial charge in [-0.1, -0.05) is 12.1 Å². The molecular weight excluding hydrogens is 502 g/mol. The monoisotopic (exact) mass is 531 g/mol. The second-order valence-corrected chi connectivity index (χ2v) is 8.72. The van der Waals surface area contributed by atoms with Gasteiger partial charge in [0.15, 0.2) is 5.69 Å². The van der Waals surface area contributed by atoms with Crippen molar-refractivity contribution < 1.29 is 19.1 Å². The number of hydrogen-bond acceptors (Lipinski definition) is 11. The van der Waals surface area contributed by atoms with Gasteiger partial charge in [-0.15, -0.1) is 0 Å². The Morgan fingerprint density at radius 1 is 1.00 bits per heavy atom. The molecule has 0 spiro atoms. The zero-order chi connectivity index (χ0) is 28.1. The highest BCUT2D eigenvalue weighted by molar-refractivity contribution is 5.98. The molecule has 0 aliphatic carbocycles. The van der Waals surface area contributed by atoms with Crippen molar-refractivity contribution in [1.29, 1.82) is 0 Å². The molecule has 0 aliphatic heterocycles. The van der Waals surface area contributed by atoms with Crippen LogP contribution in [0.2, 0.25) is 0 Å². The molecule has 1 atom stereocenters. The largest absolute Gasteiger partial charge is 0.469 e. The molecule has 4 aromatic rings. The summed E-state index contributed by atoms with van der Waals surface area (Å²) in [7, 11) is 2.58. The van der Waals surface area contributed by atoms with Crippen LogP contribution in [0.5, 0.6) is 0 Å². The van der Waals surface area contributed by atoms with E-state index in [1.54, 1.807) is 48.8 Å². The summed E-state index contributed by atoms with van der Waals surface area (Å²) in [4.78, 5) is 59.4. The molecule has 2 N–H and O–H groups in total. The first-order valence-corrected chi connectivity index (χ1v) is 12.4. The summed E-state index contributed by atoms with van der Waals surface area (Å²) in [6.07, 6.45) is 3.21. The van der Waals surface area contributed by atoms with E-state index in [1.165, 1.54) is 14.2 Å². The van der Waals surface area contributed by atoms with Crippen molar-refractivity contribution in [2.45, 2.75) is 26.3 Å². The molecule has 0 radical (unpaired) electrons. The second kappa shape index (κ2) is 11.7. The number of aromatic nitrogens is 2. The average molecular weight is 532 g/mol. The van der Waals surface area contributed by atoms with Crippen LogP contribution in [0.25, 0.3) is 10.8 Å². The maximum Gasteiger partial charge on any atom is 0.356 e. The van der Waals surface area contributed by atoms with E-state index in [0.29, 0.717) is 41.2 Å². The van der Waals surface area contributed by atoms with Gasteiger partial charge in [0, 0.05) is 36.6 Å². The zero-order valence-corrected chi connectivity index (χ0v) is 22.1. The fourth-order valence-electron chi connectivity index (χ4n) is 4.36. The molecule has 39 heavy (non-hydrogen) atoms. The average Bonchev–Trinajstić information content (AvgIpc) is 2.97. The molecule has 2 aromatic heterocycles. The molecule has 0 unspecified atom stereocenters. The molecule has 0 fully saturated rings. The third kappa shape index (κ3) is 5.57. The third-order valence-electron chi connectivity index (χ3n) is 6.49. The number of hydrogen-bond donors (Lipinski definition) is 2. The fraction of sp³-hybridized carbons (Fsp3) is 0.286. The number of fused-ring (bicyclic) bond motifs is 1. The van der Waals surface area contributed by atoms with E-state index in [4.69, 9.17) is 9.47 Å². The summed E-state index contributed by atoms with van der Waals surface area (Å²) in [6.45, 7) is 4.93. The summed E-state index contributed by atoms with van der Waals surface area (Å²) in [5, 5.41) is 7.79. The Hall–Kier alpha value is -4.80. The summed E-state index contributed by atoms with van der Waals surface area (Å²) >= 11 is 0. The Balaban J connectivity index is 1.64. The van der Waals surface area contributed by atoms with Crippen molar-refractivity contribution >= 4 is 45.6 Å². The van der Waals surface area contributed by atoms with Gasteiger partial charge >= 0.3 is 11.9 Å². The number of pyridine rings is 2. The molecule has 2 heterocycles. The van der Waals surface area contributed by atoms with Gasteiger partial charge in [-0.2, -0.15) is 0 Å². The maximum absolute atomic E-state index is 12.4. The van der Waals surface area contributed by atoms with Gasteiger partial charge in [-0.05, 0) is 49.1 Å². The van der Waals surface area contributed by atoms with Crippen molar-refractivity contribution in [2.24, 2.45) is 0 Å². The number of anilines is 4. The minimum Gasteiger partial charge on any atom is -0.469 e. The van der Waals surface area contributed by atoms with Crippen LogP contribution in [0.4, 0.5) is 22.9 Å². The molecule has 0 bridgehead atoms. The number of nitrogens with zero attached hydrogens (tertiary/aromatic N) is 3. The highest BCUT2D eigenvalue weighted by Gasteiger charge is 2.28. The smallest absolute Gasteiger partial charge is 0.356 e. The number of rotatable bonds is 11. The third-order valence-corrected chi connectivity index (χ3v) is 6.49. The maximum atomic E-state index is 12.4. The summed E-state index contributed by atoms with van der Waals surface area (Å²) in [5.74, 6) is -0.614. The zero-order valence-electron chi connectivity index (χ0n) is 22.1. The number of benzene rings is 1. The predicted molar refractivity (Wildman–Crippen MR) is 149 cm³/mol. The quantitative estimate of drug-likeness (QED) is 0.218. The van der Waals surface area contributed by atoms with Crippen LogP contribution in [0.3, 0.4) is 0 Å². The van der Waals surface area contributed by atoms with Gasteiger partial charge < -0.3 is 25.0 Å². The van der Waals surface area contributed by atoms with Gasteiger partial charge in [-0.25, -0.2) is 9.78 Å². The number of carbonyl (C=O) groups is 2. The van der Waals surface area contributed by atoms with Crippen LogP contribution in [-0.4, -0.2) is 49.2 Å². The topological polar surface area (TPSA) is 140 Å². The molecule has 4 rings (SSSR count). The molecule has 11 nitrogen and oxygen atoms in total. The molecule has 0 amide bonds. The number of esters is 2. The molecule has 0 aliphatic rings. The summed E-state index contributed by atoms with van der Waals surface area (Å²) < 4.78 is 9.69. The highest BCUT2D eigenvalue weighted by Crippen LogP contribution is 2.30. The molecule has 0 saturated carbocycles. The van der Waals surface area contributed by atoms with Crippen LogP contribution >= 0.6 is 0 Å². The normalized spacial score (nSPS) is 11.7. The van der Waals surface area contributed by atoms with Gasteiger partial charge in [-0.3, -0.25) is 19.4 Å². The van der Waals surface area contributed by atoms with E-state index in [2.05, 4.69) is 20.6 Å². The van der Waals surface area contributed by atoms with Crippen molar-refractivity contribution in [1.82, 2.24) is 9.97 Å². The van der Waals surface area contributed by atoms with Crippen LogP contribution < -0.4 is 26.4 Å². The van der Waals surface area contributed by atoms with Gasteiger partial charge in [0.05, 0.1) is 26.7 Å². The number of ether oxygens (including phenoxy) is 2. The van der Waals surface area contributed by atoms with E-state index in [1.807, 2.05) is 18.7 Å². The first-order valence-electron chi connectivity index (χ1n) is 12.4. The van der Waals surface area contributed by atoms with E-state index < -0.39 is 28.8 Å². The fourth-order valence-corrected chi connectivity index (χ4v) is 4.36. The number of methoxy groups -OCH3 is 2. The van der Waals surface area contributed by atoms with Crippen LogP contribution in [-0.2, 0) is 14.3 Å². The van der Waals surface area contributed by atoms with E-state index >= 15 is 0 Å². The van der Waals surface area contributed by atoms with Crippen molar-refractivity contribution in [2.75, 3.05) is 42.8 Å². The lowest BCUT2D eigenvalue weighted by Gasteiger charge is -2.28. The Labute approximate surface area is 224 Å². The Morgan fingerprint density at radius 2 is 1.72 bits per heavy atom. The van der Waals surface area contributed by atoms with Crippen LogP contribution in [0.1, 0.15) is 42.4 Å². The Morgan fingerprint density at radius 3 is 2.36 bits per heavy atom. The summed E-state index contributed by atoms with van der Waals surface area (Å²) in [6, 6.07) is 9.93. The first kappa shape index (κ1) is 27.2. The van der Waals surface area contributed by atoms with Crippen LogP contribution in [0.15, 0.2) is 58.4 Å². The van der Waals surface area contributed by atoms with Gasteiger partial charge in [0.1, 0.15) is 17.2 Å². The SMILES string of the molecule is CCN(CC)c1c(N[C@@H](CC(=O)OC)c2ccc(Nc3nc(C(=O)OC)cc4ccncc34)cc2)c(=O)c1=O. The standard InChI is InChI=1S/C28H29N5O6/c1-5-33(6-2)24-23(25(35)26(24)36)31-20(14-22(34)38-3)16-7-9-18(10-8-16)30-27-19-15-29-12-11-17(19)13-21(32-27)28(37)39-4/h7-13,15,20,31H,5-6,14H2,1-4H3,(H,30,32)/t20-/m0/s1. The molecule has 0 saturated heterocycles. The molecular formula is C28H29N5O6. The lowest BCUT2D eigenvalue weighted by atomic mass is 10.0. The lowest BCUT2D eigenvalue weighted by molar-refractivity contribution is -0.140. The number of nitrogens with one attached hydrogen (secondary N) is 2. The number of carbonyl (C=O) groups excluding carboxylic acids is 2. The van der Waals surface area contributed by atoms with Crippen LogP contribution in [0, 0.1) is 0 Å². The van der Waals surface area contributed by atoms with Gasteiger partial charge in [0.2, 0.25) is 0 Å². The lowest BCUT2D eigenvalue weighted by Crippen LogP contribution is -2.43. The Kier molecular flexibility index (Phi) is 8.18. The second-order valence-electron chi connectivity index (χ2n) is 8.72. The minimum atomic E-state index is -0.616. The van der Waals surface area contributed by atoms with Crippen molar-refractivity contribution in [3.05, 3.63) is 80.5 Å². The first-order chi connectivity index (χ1) is 18.8. The predicted octanol–water partition coefficient (Wildman–Crippen LogP) is 3.32. The Bertz CT molecular complexity index is 1570. The highest BCUT2D eigenvalue weighted by atomic mass is 16.5. The van der Waals surface area contributed by atoms with Crippen molar-refractivity contribution in [3.63, 3.8) is 0 Å². The molecule has 11 heteroatoms. The van der Waals surface area contributed by atoms with Crippen molar-refractivity contribution in [3.8, 4) is 0 Å². The molecule has 202 valence electrons.